The highest BCUT2D eigenvalue weighted by Gasteiger charge is 2.52. The summed E-state index contributed by atoms with van der Waals surface area (Å²) in [6, 6.07) is -0.0541. The lowest BCUT2D eigenvalue weighted by Gasteiger charge is -2.23. The van der Waals surface area contributed by atoms with Gasteiger partial charge in [-0.25, -0.2) is 4.79 Å². The fourth-order valence-electron chi connectivity index (χ4n) is 2.85. The highest BCUT2D eigenvalue weighted by molar-refractivity contribution is 8.00. The number of thioether (sulfide) groups is 1. The summed E-state index contributed by atoms with van der Waals surface area (Å²) in [6.07, 6.45) is 2.65. The number of nitrogens with one attached hydrogen (secondary N) is 3. The average Bonchev–Trinajstić information content (AvgIpc) is 2.79. The summed E-state index contributed by atoms with van der Waals surface area (Å²) in [5.74, 6) is 1.64. The van der Waals surface area contributed by atoms with Crippen molar-refractivity contribution in [2.45, 2.75) is 56.9 Å². The van der Waals surface area contributed by atoms with Crippen LogP contribution in [0.25, 0.3) is 0 Å². The van der Waals surface area contributed by atoms with E-state index in [1.807, 2.05) is 6.92 Å². The van der Waals surface area contributed by atoms with Crippen LogP contribution >= 0.6 is 11.8 Å². The number of fused-ring (bicyclic) bond motifs is 1. The third-order valence-electron chi connectivity index (χ3n) is 4.01. The van der Waals surface area contributed by atoms with Gasteiger partial charge in [0.25, 0.3) is 0 Å². The van der Waals surface area contributed by atoms with Gasteiger partial charge in [-0.05, 0) is 25.7 Å². The molecular formula is C14H25N3O2S. The van der Waals surface area contributed by atoms with E-state index in [2.05, 4.69) is 29.8 Å². The first-order valence-electron chi connectivity index (χ1n) is 7.38. The highest BCUT2D eigenvalue weighted by atomic mass is 32.2. The van der Waals surface area contributed by atoms with Crippen molar-refractivity contribution in [3.05, 3.63) is 0 Å². The Morgan fingerprint density at radius 2 is 2.30 bits per heavy atom. The molecule has 0 radical (unpaired) electrons. The molecule has 2 aliphatic heterocycles. The zero-order valence-electron chi connectivity index (χ0n) is 12.5. The molecule has 0 aliphatic carbocycles. The van der Waals surface area contributed by atoms with Gasteiger partial charge in [-0.2, -0.15) is 11.8 Å². The maximum atomic E-state index is 12.0. The summed E-state index contributed by atoms with van der Waals surface area (Å²) in [4.78, 5) is 23.4. The fraction of sp³-hybridized carbons (Fsp3) is 0.857. The molecule has 5 nitrogen and oxygen atoms in total. The van der Waals surface area contributed by atoms with Gasteiger partial charge >= 0.3 is 6.03 Å². The summed E-state index contributed by atoms with van der Waals surface area (Å²) in [7, 11) is 0. The standard InChI is InChI=1S/C14H25N3O2S/c1-9(2)5-4-6-15-11(18)7-10-12-14(3,8-20-10)17-13(19)16-12/h9-10,12H,4-8H2,1-3H3,(H,15,18)(H2,16,17,19)/t10-,12+,14-/m0/s1. The molecule has 0 bridgehead atoms. The van der Waals surface area contributed by atoms with Crippen LogP contribution in [-0.2, 0) is 4.79 Å². The van der Waals surface area contributed by atoms with Crippen LogP contribution in [0.1, 0.15) is 40.0 Å². The van der Waals surface area contributed by atoms with Crippen molar-refractivity contribution in [2.75, 3.05) is 12.3 Å². The summed E-state index contributed by atoms with van der Waals surface area (Å²) >= 11 is 1.77. The van der Waals surface area contributed by atoms with E-state index in [0.717, 1.165) is 25.1 Å². The number of carbonyl (C=O) groups is 2. The van der Waals surface area contributed by atoms with Crippen LogP contribution in [0.15, 0.2) is 0 Å². The van der Waals surface area contributed by atoms with Crippen LogP contribution in [0, 0.1) is 5.92 Å². The molecule has 0 aromatic heterocycles. The van der Waals surface area contributed by atoms with Crippen molar-refractivity contribution in [3.8, 4) is 0 Å². The first kappa shape index (κ1) is 15.5. The Morgan fingerprint density at radius 3 is 3.00 bits per heavy atom. The summed E-state index contributed by atoms with van der Waals surface area (Å²) in [5.41, 5.74) is -0.204. The molecule has 0 saturated carbocycles. The number of rotatable bonds is 6. The van der Waals surface area contributed by atoms with Crippen molar-refractivity contribution in [2.24, 2.45) is 5.92 Å². The lowest BCUT2D eigenvalue weighted by atomic mass is 9.93. The second kappa shape index (κ2) is 6.24. The molecular weight excluding hydrogens is 274 g/mol. The SMILES string of the molecule is CC(C)CCCNC(=O)C[C@@H]1SC[C@]2(C)NC(=O)N[C@H]12. The predicted molar refractivity (Wildman–Crippen MR) is 81.8 cm³/mol. The molecule has 2 heterocycles. The lowest BCUT2D eigenvalue weighted by Crippen LogP contribution is -2.48. The molecule has 2 aliphatic rings. The largest absolute Gasteiger partial charge is 0.356 e. The van der Waals surface area contributed by atoms with Crippen molar-refractivity contribution < 1.29 is 9.59 Å². The Morgan fingerprint density at radius 1 is 1.55 bits per heavy atom. The van der Waals surface area contributed by atoms with Gasteiger partial charge in [0, 0.05) is 24.0 Å². The Balaban J connectivity index is 1.74. The van der Waals surface area contributed by atoms with Gasteiger partial charge in [-0.15, -0.1) is 0 Å². The number of urea groups is 1. The second-order valence-corrected chi connectivity index (χ2v) is 7.66. The first-order chi connectivity index (χ1) is 9.40. The van der Waals surface area contributed by atoms with Crippen LogP contribution < -0.4 is 16.0 Å². The molecule has 3 atom stereocenters. The minimum atomic E-state index is -0.204. The minimum absolute atomic E-state index is 0.0569. The molecule has 3 amide bonds. The maximum Gasteiger partial charge on any atom is 0.315 e. The molecule has 6 heteroatoms. The van der Waals surface area contributed by atoms with Gasteiger partial charge < -0.3 is 16.0 Å². The molecule has 2 saturated heterocycles. The van der Waals surface area contributed by atoms with E-state index in [4.69, 9.17) is 0 Å². The Hall–Kier alpha value is -0.910. The predicted octanol–water partition coefficient (Wildman–Crippen LogP) is 1.48. The normalized spacial score (nSPS) is 31.9. The van der Waals surface area contributed by atoms with E-state index >= 15 is 0 Å². The number of hydrogen-bond acceptors (Lipinski definition) is 3. The average molecular weight is 299 g/mol. The van der Waals surface area contributed by atoms with Crippen LogP contribution in [0.2, 0.25) is 0 Å². The molecule has 0 spiro atoms. The molecule has 20 heavy (non-hydrogen) atoms. The Bertz CT molecular complexity index is 389. The van der Waals surface area contributed by atoms with Crippen molar-refractivity contribution >= 4 is 23.7 Å². The Kier molecular flexibility index (Phi) is 4.83. The first-order valence-corrected chi connectivity index (χ1v) is 8.42. The van der Waals surface area contributed by atoms with Crippen LogP contribution in [0.4, 0.5) is 4.79 Å². The number of carbonyl (C=O) groups excluding carboxylic acids is 2. The third kappa shape index (κ3) is 3.59. The van der Waals surface area contributed by atoms with Crippen molar-refractivity contribution in [3.63, 3.8) is 0 Å². The fourth-order valence-corrected chi connectivity index (χ4v) is 4.49. The minimum Gasteiger partial charge on any atom is -0.356 e. The van der Waals surface area contributed by atoms with Gasteiger partial charge in [0.2, 0.25) is 5.91 Å². The number of hydrogen-bond donors (Lipinski definition) is 3. The second-order valence-electron chi connectivity index (χ2n) is 6.43. The van der Waals surface area contributed by atoms with Crippen LogP contribution in [-0.4, -0.2) is 41.1 Å². The topological polar surface area (TPSA) is 70.2 Å². The zero-order valence-corrected chi connectivity index (χ0v) is 13.3. The molecule has 0 unspecified atom stereocenters. The molecule has 3 N–H and O–H groups in total. The van der Waals surface area contributed by atoms with Crippen LogP contribution in [0.3, 0.4) is 0 Å². The van der Waals surface area contributed by atoms with Gasteiger partial charge in [0.05, 0.1) is 11.6 Å². The quantitative estimate of drug-likeness (QED) is 0.514. The zero-order chi connectivity index (χ0) is 14.8. The molecule has 0 aromatic carbocycles. The van der Waals surface area contributed by atoms with E-state index in [1.54, 1.807) is 11.8 Å². The highest BCUT2D eigenvalue weighted by Crippen LogP contribution is 2.38. The lowest BCUT2D eigenvalue weighted by molar-refractivity contribution is -0.121. The van der Waals surface area contributed by atoms with E-state index in [1.165, 1.54) is 0 Å². The van der Waals surface area contributed by atoms with E-state index in [-0.39, 0.29) is 28.8 Å². The van der Waals surface area contributed by atoms with Gasteiger partial charge in [-0.1, -0.05) is 13.8 Å². The third-order valence-corrected chi connectivity index (χ3v) is 5.64. The van der Waals surface area contributed by atoms with Gasteiger partial charge in [-0.3, -0.25) is 4.79 Å². The summed E-state index contributed by atoms with van der Waals surface area (Å²) in [6.45, 7) is 7.17. The number of amides is 3. The maximum absolute atomic E-state index is 12.0. The molecule has 114 valence electrons. The molecule has 2 fully saturated rings. The Labute approximate surface area is 125 Å². The summed E-state index contributed by atoms with van der Waals surface area (Å²) in [5, 5.41) is 9.05. The van der Waals surface area contributed by atoms with E-state index in [0.29, 0.717) is 12.3 Å². The van der Waals surface area contributed by atoms with Crippen molar-refractivity contribution in [1.29, 1.82) is 0 Å². The van der Waals surface area contributed by atoms with Crippen molar-refractivity contribution in [1.82, 2.24) is 16.0 Å². The van der Waals surface area contributed by atoms with Crippen LogP contribution in [0.5, 0.6) is 0 Å². The van der Waals surface area contributed by atoms with E-state index in [9.17, 15) is 9.59 Å². The summed E-state index contributed by atoms with van der Waals surface area (Å²) < 4.78 is 0. The van der Waals surface area contributed by atoms with Gasteiger partial charge in [0.1, 0.15) is 0 Å². The van der Waals surface area contributed by atoms with E-state index < -0.39 is 0 Å². The molecule has 2 rings (SSSR count). The van der Waals surface area contributed by atoms with Gasteiger partial charge in [0.15, 0.2) is 0 Å². The molecule has 0 aromatic rings. The monoisotopic (exact) mass is 299 g/mol. The smallest absolute Gasteiger partial charge is 0.315 e.